The number of pyridine rings is 1. The standard InChI is InChI=1S/C19H17N7OS/c1-28-19-22-9-10-25(19)16-6-4-14(5-7-16)18(27)23-11-15-3-2-8-21-17(15)26-13-20-12-24-26/h2-10,12-13H,11H2,1H3,(H,23,27). The summed E-state index contributed by atoms with van der Waals surface area (Å²) in [5.41, 5.74) is 2.39. The van der Waals surface area contributed by atoms with E-state index < -0.39 is 0 Å². The van der Waals surface area contributed by atoms with Crippen LogP contribution in [0.4, 0.5) is 0 Å². The molecule has 1 N–H and O–H groups in total. The fourth-order valence-electron chi connectivity index (χ4n) is 2.78. The molecule has 3 heterocycles. The van der Waals surface area contributed by atoms with Crippen molar-refractivity contribution in [1.29, 1.82) is 0 Å². The molecule has 0 spiro atoms. The van der Waals surface area contributed by atoms with E-state index in [2.05, 4.69) is 25.4 Å². The second-order valence-corrected chi connectivity index (χ2v) is 6.61. The molecule has 8 nitrogen and oxygen atoms in total. The Morgan fingerprint density at radius 3 is 2.75 bits per heavy atom. The quantitative estimate of drug-likeness (QED) is 0.508. The second-order valence-electron chi connectivity index (χ2n) is 5.84. The fourth-order valence-corrected chi connectivity index (χ4v) is 3.31. The van der Waals surface area contributed by atoms with Crippen LogP contribution in [0.1, 0.15) is 15.9 Å². The molecule has 4 aromatic rings. The predicted octanol–water partition coefficient (Wildman–Crippen LogP) is 2.50. The molecule has 0 saturated carbocycles. The Bertz CT molecular complexity index is 1070. The topological polar surface area (TPSA) is 90.5 Å². The first kappa shape index (κ1) is 17.9. The average molecular weight is 391 g/mol. The number of hydrogen-bond acceptors (Lipinski definition) is 6. The summed E-state index contributed by atoms with van der Waals surface area (Å²) in [5.74, 6) is 0.482. The minimum absolute atomic E-state index is 0.157. The van der Waals surface area contributed by atoms with Gasteiger partial charge in [-0.3, -0.25) is 9.36 Å². The van der Waals surface area contributed by atoms with Crippen LogP contribution in [-0.4, -0.2) is 41.5 Å². The highest BCUT2D eigenvalue weighted by molar-refractivity contribution is 7.98. The van der Waals surface area contributed by atoms with Crippen LogP contribution in [0.3, 0.4) is 0 Å². The van der Waals surface area contributed by atoms with Crippen molar-refractivity contribution in [3.63, 3.8) is 0 Å². The first-order valence-electron chi connectivity index (χ1n) is 8.51. The number of aromatic nitrogens is 6. The van der Waals surface area contributed by atoms with Crippen LogP contribution >= 0.6 is 11.8 Å². The highest BCUT2D eigenvalue weighted by atomic mass is 32.2. The lowest BCUT2D eigenvalue weighted by atomic mass is 10.2. The number of thioether (sulfide) groups is 1. The van der Waals surface area contributed by atoms with E-state index in [1.165, 1.54) is 6.33 Å². The number of benzene rings is 1. The van der Waals surface area contributed by atoms with Gasteiger partial charge in [-0.15, -0.1) is 0 Å². The Morgan fingerprint density at radius 1 is 1.14 bits per heavy atom. The highest BCUT2D eigenvalue weighted by Crippen LogP contribution is 2.18. The number of nitrogens with zero attached hydrogens (tertiary/aromatic N) is 6. The normalized spacial score (nSPS) is 10.8. The third kappa shape index (κ3) is 3.65. The SMILES string of the molecule is CSc1nccn1-c1ccc(C(=O)NCc2cccnc2-n2cncn2)cc1. The third-order valence-corrected chi connectivity index (χ3v) is 4.81. The van der Waals surface area contributed by atoms with Gasteiger partial charge in [0.1, 0.15) is 12.7 Å². The maximum Gasteiger partial charge on any atom is 0.251 e. The molecule has 0 saturated heterocycles. The van der Waals surface area contributed by atoms with E-state index in [0.717, 1.165) is 16.4 Å². The van der Waals surface area contributed by atoms with Crippen molar-refractivity contribution < 1.29 is 4.79 Å². The van der Waals surface area contributed by atoms with Crippen LogP contribution in [0.25, 0.3) is 11.5 Å². The minimum Gasteiger partial charge on any atom is -0.348 e. The molecule has 0 bridgehead atoms. The molecular formula is C19H17N7OS. The summed E-state index contributed by atoms with van der Waals surface area (Å²) in [4.78, 5) is 25.1. The summed E-state index contributed by atoms with van der Waals surface area (Å²) in [6, 6.07) is 11.1. The molecule has 1 aromatic carbocycles. The van der Waals surface area contributed by atoms with Crippen molar-refractivity contribution in [3.8, 4) is 11.5 Å². The van der Waals surface area contributed by atoms with E-state index in [4.69, 9.17) is 0 Å². The van der Waals surface area contributed by atoms with E-state index in [-0.39, 0.29) is 5.91 Å². The third-order valence-electron chi connectivity index (χ3n) is 4.14. The molecule has 0 aliphatic carbocycles. The van der Waals surface area contributed by atoms with E-state index in [0.29, 0.717) is 17.9 Å². The maximum absolute atomic E-state index is 12.5. The average Bonchev–Trinajstić information content (AvgIpc) is 3.44. The van der Waals surface area contributed by atoms with E-state index in [1.54, 1.807) is 47.3 Å². The van der Waals surface area contributed by atoms with Crippen molar-refractivity contribution >= 4 is 17.7 Å². The highest BCUT2D eigenvalue weighted by Gasteiger charge is 2.10. The van der Waals surface area contributed by atoms with Crippen LogP contribution in [-0.2, 0) is 6.54 Å². The molecule has 9 heteroatoms. The van der Waals surface area contributed by atoms with Crippen molar-refractivity contribution in [2.24, 2.45) is 0 Å². The zero-order valence-corrected chi connectivity index (χ0v) is 15.9. The Hall–Kier alpha value is -3.46. The Balaban J connectivity index is 1.47. The molecule has 0 aliphatic heterocycles. The molecular weight excluding hydrogens is 374 g/mol. The van der Waals surface area contributed by atoms with E-state index >= 15 is 0 Å². The number of hydrogen-bond donors (Lipinski definition) is 1. The van der Waals surface area contributed by atoms with Gasteiger partial charge in [0.05, 0.1) is 0 Å². The Morgan fingerprint density at radius 2 is 2.00 bits per heavy atom. The lowest BCUT2D eigenvalue weighted by Crippen LogP contribution is -2.23. The van der Waals surface area contributed by atoms with Gasteiger partial charge < -0.3 is 5.32 Å². The number of rotatable bonds is 6. The molecule has 0 atom stereocenters. The van der Waals surface area contributed by atoms with Gasteiger partial charge in [0, 0.05) is 41.9 Å². The van der Waals surface area contributed by atoms with Crippen molar-refractivity contribution in [3.05, 3.63) is 78.8 Å². The molecule has 0 aliphatic rings. The number of nitrogens with one attached hydrogen (secondary N) is 1. The summed E-state index contributed by atoms with van der Waals surface area (Å²) in [5, 5.41) is 7.93. The Labute approximate surface area is 165 Å². The van der Waals surface area contributed by atoms with Crippen LogP contribution in [0.5, 0.6) is 0 Å². The summed E-state index contributed by atoms with van der Waals surface area (Å²) in [6.45, 7) is 0.335. The van der Waals surface area contributed by atoms with Gasteiger partial charge in [-0.25, -0.2) is 19.6 Å². The molecule has 0 radical (unpaired) electrons. The van der Waals surface area contributed by atoms with Crippen LogP contribution in [0.15, 0.2) is 72.8 Å². The molecule has 1 amide bonds. The first-order chi connectivity index (χ1) is 13.8. The fraction of sp³-hybridized carbons (Fsp3) is 0.105. The number of carbonyl (C=O) groups excluding carboxylic acids is 1. The van der Waals surface area contributed by atoms with Crippen molar-refractivity contribution in [2.75, 3.05) is 6.26 Å². The summed E-state index contributed by atoms with van der Waals surface area (Å²) < 4.78 is 3.55. The summed E-state index contributed by atoms with van der Waals surface area (Å²) >= 11 is 1.57. The zero-order chi connectivity index (χ0) is 19.3. The minimum atomic E-state index is -0.157. The van der Waals surface area contributed by atoms with Crippen LogP contribution < -0.4 is 5.32 Å². The number of carbonyl (C=O) groups is 1. The molecule has 28 heavy (non-hydrogen) atoms. The van der Waals surface area contributed by atoms with Crippen LogP contribution in [0.2, 0.25) is 0 Å². The van der Waals surface area contributed by atoms with E-state index in [9.17, 15) is 4.79 Å². The van der Waals surface area contributed by atoms with Gasteiger partial charge in [-0.05, 0) is 36.6 Å². The zero-order valence-electron chi connectivity index (χ0n) is 15.1. The van der Waals surface area contributed by atoms with Crippen LogP contribution in [0, 0.1) is 0 Å². The molecule has 4 rings (SSSR count). The van der Waals surface area contributed by atoms with Crippen molar-refractivity contribution in [1.82, 2.24) is 34.6 Å². The second kappa shape index (κ2) is 8.05. The summed E-state index contributed by atoms with van der Waals surface area (Å²) in [6.07, 6.45) is 10.3. The Kier molecular flexibility index (Phi) is 5.16. The number of imidazole rings is 1. The first-order valence-corrected chi connectivity index (χ1v) is 9.73. The van der Waals surface area contributed by atoms with E-state index in [1.807, 2.05) is 41.3 Å². The largest absolute Gasteiger partial charge is 0.348 e. The van der Waals surface area contributed by atoms with Gasteiger partial charge in [0.25, 0.3) is 5.91 Å². The molecule has 0 unspecified atom stereocenters. The smallest absolute Gasteiger partial charge is 0.251 e. The van der Waals surface area contributed by atoms with Crippen molar-refractivity contribution in [2.45, 2.75) is 11.7 Å². The van der Waals surface area contributed by atoms with Gasteiger partial charge in [0.2, 0.25) is 0 Å². The molecule has 140 valence electrons. The van der Waals surface area contributed by atoms with Gasteiger partial charge in [-0.2, -0.15) is 5.10 Å². The monoisotopic (exact) mass is 391 g/mol. The summed E-state index contributed by atoms with van der Waals surface area (Å²) in [7, 11) is 0. The number of amides is 1. The molecule has 3 aromatic heterocycles. The lowest BCUT2D eigenvalue weighted by molar-refractivity contribution is 0.0951. The predicted molar refractivity (Wildman–Crippen MR) is 106 cm³/mol. The molecule has 0 fully saturated rings. The lowest BCUT2D eigenvalue weighted by Gasteiger charge is -2.10. The maximum atomic E-state index is 12.5. The van der Waals surface area contributed by atoms with Gasteiger partial charge >= 0.3 is 0 Å². The van der Waals surface area contributed by atoms with Gasteiger partial charge in [0.15, 0.2) is 11.0 Å². The van der Waals surface area contributed by atoms with Gasteiger partial charge in [-0.1, -0.05) is 17.8 Å².